The van der Waals surface area contributed by atoms with Crippen LogP contribution < -0.4 is 5.43 Å². The highest BCUT2D eigenvalue weighted by atomic mass is 16.1. The zero-order valence-corrected chi connectivity index (χ0v) is 9.74. The summed E-state index contributed by atoms with van der Waals surface area (Å²) in [5, 5.41) is 0. The van der Waals surface area contributed by atoms with Crippen molar-refractivity contribution in [2.45, 2.75) is 0 Å². The van der Waals surface area contributed by atoms with Crippen LogP contribution in [0.3, 0.4) is 0 Å². The van der Waals surface area contributed by atoms with Crippen molar-refractivity contribution in [1.82, 2.24) is 0 Å². The second kappa shape index (κ2) is 5.73. The molecule has 88 valence electrons. The molecule has 0 radical (unpaired) electrons. The van der Waals surface area contributed by atoms with Crippen LogP contribution in [0.4, 0.5) is 0 Å². The molecule has 2 aromatic rings. The highest BCUT2D eigenvalue weighted by molar-refractivity contribution is 6.06. The van der Waals surface area contributed by atoms with Gasteiger partial charge in [0.15, 0.2) is 11.2 Å². The molecule has 0 aliphatic heterocycles. The van der Waals surface area contributed by atoms with Crippen LogP contribution in [0.15, 0.2) is 71.5 Å². The van der Waals surface area contributed by atoms with Gasteiger partial charge in [0, 0.05) is 0 Å². The molecule has 18 heavy (non-hydrogen) atoms. The molecule has 2 aromatic carbocycles. The molecule has 0 fully saturated rings. The first-order chi connectivity index (χ1) is 8.77. The molecule has 0 saturated heterocycles. The van der Waals surface area contributed by atoms with Crippen molar-refractivity contribution in [2.75, 3.05) is 0 Å². The summed E-state index contributed by atoms with van der Waals surface area (Å²) in [7, 11) is 0. The Balaban J connectivity index is 2.26. The third-order valence-corrected chi connectivity index (χ3v) is 2.49. The van der Waals surface area contributed by atoms with E-state index in [-0.39, 0.29) is 16.8 Å². The normalized spacial score (nSPS) is 10.4. The Hall–Kier alpha value is -2.48. The van der Waals surface area contributed by atoms with Crippen molar-refractivity contribution in [1.29, 1.82) is 0 Å². The number of carbonyl (C=O) groups excluding carboxylic acids is 1. The number of hydrogen-bond acceptors (Lipinski definition) is 2. The van der Waals surface area contributed by atoms with Gasteiger partial charge in [-0.3, -0.25) is 9.59 Å². The lowest BCUT2D eigenvalue weighted by molar-refractivity contribution is 0.104. The summed E-state index contributed by atoms with van der Waals surface area (Å²) in [6.07, 6.45) is 3.13. The second-order valence-electron chi connectivity index (χ2n) is 3.80. The van der Waals surface area contributed by atoms with Crippen LogP contribution in [0.5, 0.6) is 0 Å². The maximum Gasteiger partial charge on any atom is 0.189 e. The molecule has 0 saturated carbocycles. The average Bonchev–Trinajstić information content (AvgIpc) is 2.62. The van der Waals surface area contributed by atoms with E-state index in [1.54, 1.807) is 30.3 Å². The molecule has 2 nitrogen and oxygen atoms in total. The number of benzene rings is 1. The number of ketones is 1. The third-order valence-electron chi connectivity index (χ3n) is 2.49. The molecule has 2 rings (SSSR count). The molecule has 2 heteroatoms. The Morgan fingerprint density at radius 1 is 0.833 bits per heavy atom. The number of allylic oxidation sites excluding steroid dienone is 1. The van der Waals surface area contributed by atoms with Crippen LogP contribution in [0.25, 0.3) is 6.08 Å². The van der Waals surface area contributed by atoms with Crippen molar-refractivity contribution >= 4 is 11.9 Å². The van der Waals surface area contributed by atoms with Gasteiger partial charge < -0.3 is 0 Å². The predicted molar refractivity (Wildman–Crippen MR) is 72.5 cm³/mol. The Bertz CT molecular complexity index is 628. The van der Waals surface area contributed by atoms with E-state index in [2.05, 4.69) is 0 Å². The molecule has 0 amide bonds. The predicted octanol–water partition coefficient (Wildman–Crippen LogP) is 2.94. The highest BCUT2D eigenvalue weighted by Crippen LogP contribution is 2.02. The summed E-state index contributed by atoms with van der Waals surface area (Å²) in [5.41, 5.74) is 0.855. The largest absolute Gasteiger partial charge is 0.289 e. The molecule has 0 bridgehead atoms. The summed E-state index contributed by atoms with van der Waals surface area (Å²) in [6, 6.07) is 17.5. The van der Waals surface area contributed by atoms with Gasteiger partial charge in [-0.25, -0.2) is 0 Å². The number of rotatable bonds is 3. The van der Waals surface area contributed by atoms with Gasteiger partial charge in [0.1, 0.15) is 0 Å². The molecule has 0 heterocycles. The van der Waals surface area contributed by atoms with E-state index in [1.165, 1.54) is 12.1 Å². The lowest BCUT2D eigenvalue weighted by Crippen LogP contribution is -2.09. The van der Waals surface area contributed by atoms with E-state index in [9.17, 15) is 9.59 Å². The summed E-state index contributed by atoms with van der Waals surface area (Å²) in [6.45, 7) is 0. The molecule has 0 aliphatic rings. The SMILES string of the molecule is O=C(C=Cc1ccccc1)c1cccccc1=O. The van der Waals surface area contributed by atoms with Gasteiger partial charge in [0.25, 0.3) is 0 Å². The highest BCUT2D eigenvalue weighted by Gasteiger charge is 2.03. The fourth-order valence-electron chi connectivity index (χ4n) is 1.56. The minimum atomic E-state index is -0.278. The Kier molecular flexibility index (Phi) is 3.82. The van der Waals surface area contributed by atoms with Gasteiger partial charge >= 0.3 is 0 Å². The van der Waals surface area contributed by atoms with Crippen molar-refractivity contribution < 1.29 is 4.79 Å². The van der Waals surface area contributed by atoms with Crippen LogP contribution >= 0.6 is 0 Å². The molecular weight excluding hydrogens is 224 g/mol. The quantitative estimate of drug-likeness (QED) is 0.606. The van der Waals surface area contributed by atoms with Gasteiger partial charge in [-0.1, -0.05) is 54.6 Å². The van der Waals surface area contributed by atoms with E-state index in [0.717, 1.165) is 5.56 Å². The summed E-state index contributed by atoms with van der Waals surface area (Å²) < 4.78 is 0. The van der Waals surface area contributed by atoms with Gasteiger partial charge in [-0.2, -0.15) is 0 Å². The first-order valence-corrected chi connectivity index (χ1v) is 5.64. The summed E-state index contributed by atoms with van der Waals surface area (Å²) in [5.74, 6) is -0.278. The minimum absolute atomic E-state index is 0.187. The minimum Gasteiger partial charge on any atom is -0.289 e. The zero-order chi connectivity index (χ0) is 12.8. The van der Waals surface area contributed by atoms with Crippen LogP contribution in [-0.4, -0.2) is 5.78 Å². The van der Waals surface area contributed by atoms with Crippen molar-refractivity contribution in [3.8, 4) is 0 Å². The smallest absolute Gasteiger partial charge is 0.189 e. The molecule has 0 spiro atoms. The topological polar surface area (TPSA) is 34.1 Å². The summed E-state index contributed by atoms with van der Waals surface area (Å²) in [4.78, 5) is 23.5. The fraction of sp³-hybridized carbons (Fsp3) is 0. The van der Waals surface area contributed by atoms with E-state index in [0.29, 0.717) is 0 Å². The first-order valence-electron chi connectivity index (χ1n) is 5.64. The Labute approximate surface area is 105 Å². The van der Waals surface area contributed by atoms with Crippen LogP contribution in [-0.2, 0) is 0 Å². The molecule has 0 unspecified atom stereocenters. The standard InChI is InChI=1S/C16H12O2/c17-15-10-6-2-5-9-14(15)16(18)12-11-13-7-3-1-4-8-13/h1-12H. The van der Waals surface area contributed by atoms with E-state index in [1.807, 2.05) is 30.3 Å². The van der Waals surface area contributed by atoms with E-state index < -0.39 is 0 Å². The van der Waals surface area contributed by atoms with Gasteiger partial charge in [-0.15, -0.1) is 0 Å². The van der Waals surface area contributed by atoms with Gasteiger partial charge in [-0.05, 0) is 23.8 Å². The van der Waals surface area contributed by atoms with Gasteiger partial charge in [0.05, 0.1) is 5.56 Å². The fourth-order valence-corrected chi connectivity index (χ4v) is 1.56. The number of hydrogen-bond donors (Lipinski definition) is 0. The summed E-state index contributed by atoms with van der Waals surface area (Å²) >= 11 is 0. The van der Waals surface area contributed by atoms with E-state index in [4.69, 9.17) is 0 Å². The van der Waals surface area contributed by atoms with Crippen molar-refractivity contribution in [3.05, 3.63) is 88.1 Å². The molecule has 0 N–H and O–H groups in total. The maximum atomic E-state index is 11.9. The lowest BCUT2D eigenvalue weighted by atomic mass is 10.1. The second-order valence-corrected chi connectivity index (χ2v) is 3.80. The third kappa shape index (κ3) is 3.01. The molecule has 0 aromatic heterocycles. The molecule has 0 atom stereocenters. The Morgan fingerprint density at radius 3 is 2.17 bits per heavy atom. The van der Waals surface area contributed by atoms with Crippen LogP contribution in [0.2, 0.25) is 0 Å². The van der Waals surface area contributed by atoms with Crippen LogP contribution in [0.1, 0.15) is 15.9 Å². The lowest BCUT2D eigenvalue weighted by Gasteiger charge is -1.92. The first kappa shape index (κ1) is 12.0. The average molecular weight is 236 g/mol. The van der Waals surface area contributed by atoms with Crippen molar-refractivity contribution in [3.63, 3.8) is 0 Å². The van der Waals surface area contributed by atoms with Crippen LogP contribution in [0, 0.1) is 0 Å². The van der Waals surface area contributed by atoms with E-state index >= 15 is 0 Å². The molecule has 0 aliphatic carbocycles. The Morgan fingerprint density at radius 2 is 1.44 bits per heavy atom. The maximum absolute atomic E-state index is 11.9. The van der Waals surface area contributed by atoms with Crippen molar-refractivity contribution in [2.24, 2.45) is 0 Å². The number of carbonyl (C=O) groups is 1. The monoisotopic (exact) mass is 236 g/mol. The zero-order valence-electron chi connectivity index (χ0n) is 9.74. The van der Waals surface area contributed by atoms with Gasteiger partial charge in [0.2, 0.25) is 0 Å². The molecular formula is C16H12O2.